The molecule has 1 amide bonds. The summed E-state index contributed by atoms with van der Waals surface area (Å²) in [5.41, 5.74) is 2.40. The number of nitrogens with zero attached hydrogens (tertiary/aromatic N) is 3. The highest BCUT2D eigenvalue weighted by molar-refractivity contribution is 7.89. The first-order valence-electron chi connectivity index (χ1n) is 12.3. The van der Waals surface area contributed by atoms with Crippen LogP contribution in [0.3, 0.4) is 0 Å². The third-order valence-electron chi connectivity index (χ3n) is 6.95. The number of hydrogen-bond donors (Lipinski definition) is 0. The molecule has 2 fully saturated rings. The van der Waals surface area contributed by atoms with Crippen LogP contribution in [0.4, 0.5) is 5.13 Å². The second kappa shape index (κ2) is 9.97. The molecule has 2 aromatic carbocycles. The Bertz CT molecular complexity index is 1310. The highest BCUT2D eigenvalue weighted by Crippen LogP contribution is 2.33. The van der Waals surface area contributed by atoms with Crippen molar-refractivity contribution in [1.29, 1.82) is 0 Å². The number of aryl methyl sites for hydroxylation is 1. The summed E-state index contributed by atoms with van der Waals surface area (Å²) in [5, 5.41) is 0.633. The molecule has 7 nitrogen and oxygen atoms in total. The summed E-state index contributed by atoms with van der Waals surface area (Å²) in [6.45, 7) is 5.63. The lowest BCUT2D eigenvalue weighted by molar-refractivity contribution is 0.0917. The van der Waals surface area contributed by atoms with Gasteiger partial charge in [-0.05, 0) is 75.4 Å². The van der Waals surface area contributed by atoms with Crippen LogP contribution in [0.1, 0.15) is 54.9 Å². The summed E-state index contributed by atoms with van der Waals surface area (Å²) in [4.78, 5) is 20.4. The number of rotatable bonds is 6. The summed E-state index contributed by atoms with van der Waals surface area (Å²) in [7, 11) is -3.59. The van der Waals surface area contributed by atoms with E-state index >= 15 is 0 Å². The van der Waals surface area contributed by atoms with E-state index in [-0.39, 0.29) is 22.9 Å². The van der Waals surface area contributed by atoms with Crippen LogP contribution < -0.4 is 4.90 Å². The number of amides is 1. The van der Waals surface area contributed by atoms with Crippen molar-refractivity contribution >= 4 is 42.6 Å². The molecule has 2 aliphatic heterocycles. The summed E-state index contributed by atoms with van der Waals surface area (Å²) in [5.74, 6) is -0.201. The predicted octanol–water partition coefficient (Wildman–Crippen LogP) is 4.99. The first-order valence-corrected chi connectivity index (χ1v) is 14.5. The number of ether oxygens (including phenoxy) is 1. The molecule has 9 heteroatoms. The van der Waals surface area contributed by atoms with Gasteiger partial charge in [-0.2, -0.15) is 4.31 Å². The van der Waals surface area contributed by atoms with Crippen LogP contribution in [0.25, 0.3) is 10.2 Å². The molecule has 2 aliphatic rings. The molecule has 1 aromatic heterocycles. The second-order valence-electron chi connectivity index (χ2n) is 9.45. The maximum atomic E-state index is 13.7. The van der Waals surface area contributed by atoms with Gasteiger partial charge in [0.1, 0.15) is 0 Å². The Hall–Kier alpha value is -2.33. The van der Waals surface area contributed by atoms with Gasteiger partial charge in [0.2, 0.25) is 10.0 Å². The fraction of sp³-hybridized carbons (Fsp3) is 0.462. The summed E-state index contributed by atoms with van der Waals surface area (Å²) in [6.07, 6.45) is 4.64. The van der Waals surface area contributed by atoms with Crippen molar-refractivity contribution in [3.63, 3.8) is 0 Å². The molecule has 2 saturated heterocycles. The zero-order chi connectivity index (χ0) is 24.6. The van der Waals surface area contributed by atoms with E-state index in [1.54, 1.807) is 33.5 Å². The van der Waals surface area contributed by atoms with E-state index in [4.69, 9.17) is 9.72 Å². The standard InChI is InChI=1S/C26H31N3O4S2/c1-18-7-5-10-23-24(18)27-26(34-23)28(17-21-9-6-16-33-21)25(30)20-11-13-22(14-12-20)35(31,32)29-15-4-3-8-19(29)2/h5,7,10-14,19,21H,3-4,6,8-9,15-17H2,1-2H3. The van der Waals surface area contributed by atoms with E-state index in [9.17, 15) is 13.2 Å². The van der Waals surface area contributed by atoms with E-state index in [1.165, 1.54) is 11.3 Å². The second-order valence-corrected chi connectivity index (χ2v) is 12.4. The van der Waals surface area contributed by atoms with Crippen LogP contribution in [-0.2, 0) is 14.8 Å². The number of para-hydroxylation sites is 1. The highest BCUT2D eigenvalue weighted by atomic mass is 32.2. The normalized spacial score (nSPS) is 21.4. The maximum absolute atomic E-state index is 13.7. The van der Waals surface area contributed by atoms with Gasteiger partial charge < -0.3 is 4.74 Å². The number of sulfonamides is 1. The number of anilines is 1. The van der Waals surface area contributed by atoms with Crippen LogP contribution >= 0.6 is 11.3 Å². The van der Waals surface area contributed by atoms with Gasteiger partial charge in [-0.3, -0.25) is 9.69 Å². The summed E-state index contributed by atoms with van der Waals surface area (Å²) >= 11 is 1.49. The molecule has 2 atom stereocenters. The lowest BCUT2D eigenvalue weighted by Crippen LogP contribution is -2.42. The Morgan fingerprint density at radius 2 is 1.94 bits per heavy atom. The molecule has 0 radical (unpaired) electrons. The number of fused-ring (bicyclic) bond motifs is 1. The number of hydrogen-bond acceptors (Lipinski definition) is 6. The Labute approximate surface area is 210 Å². The zero-order valence-electron chi connectivity index (χ0n) is 20.1. The van der Waals surface area contributed by atoms with Crippen molar-refractivity contribution in [1.82, 2.24) is 9.29 Å². The third-order valence-corrected chi connectivity index (χ3v) is 10.0. The summed E-state index contributed by atoms with van der Waals surface area (Å²) < 4.78 is 34.8. The van der Waals surface area contributed by atoms with Crippen LogP contribution in [0.15, 0.2) is 47.4 Å². The Kier molecular flexibility index (Phi) is 6.94. The van der Waals surface area contributed by atoms with E-state index in [0.717, 1.165) is 47.9 Å². The van der Waals surface area contributed by atoms with Gasteiger partial charge in [0.25, 0.3) is 5.91 Å². The first-order chi connectivity index (χ1) is 16.8. The van der Waals surface area contributed by atoms with Gasteiger partial charge in [0.05, 0.1) is 27.8 Å². The van der Waals surface area contributed by atoms with E-state index in [2.05, 4.69) is 0 Å². The van der Waals surface area contributed by atoms with Gasteiger partial charge in [-0.25, -0.2) is 13.4 Å². The lowest BCUT2D eigenvalue weighted by Gasteiger charge is -2.32. The first kappa shape index (κ1) is 24.4. The molecule has 2 unspecified atom stereocenters. The molecule has 0 saturated carbocycles. The van der Waals surface area contributed by atoms with Gasteiger partial charge >= 0.3 is 0 Å². The van der Waals surface area contributed by atoms with Crippen LogP contribution in [0, 0.1) is 6.92 Å². The average Bonchev–Trinajstić information content (AvgIpc) is 3.53. The Morgan fingerprint density at radius 3 is 2.63 bits per heavy atom. The number of piperidine rings is 1. The number of benzene rings is 2. The van der Waals surface area contributed by atoms with Gasteiger partial charge in [-0.15, -0.1) is 0 Å². The van der Waals surface area contributed by atoms with Gasteiger partial charge in [0, 0.05) is 24.8 Å². The molecule has 0 N–H and O–H groups in total. The molecule has 35 heavy (non-hydrogen) atoms. The minimum absolute atomic E-state index is 0.0144. The molecule has 3 heterocycles. The monoisotopic (exact) mass is 513 g/mol. The topological polar surface area (TPSA) is 79.8 Å². The van der Waals surface area contributed by atoms with Gasteiger partial charge in [-0.1, -0.05) is 29.9 Å². The Morgan fingerprint density at radius 1 is 1.14 bits per heavy atom. The molecular formula is C26H31N3O4S2. The average molecular weight is 514 g/mol. The minimum atomic E-state index is -3.59. The predicted molar refractivity (Wildman–Crippen MR) is 139 cm³/mol. The number of aromatic nitrogens is 1. The molecule has 5 rings (SSSR count). The molecule has 186 valence electrons. The summed E-state index contributed by atoms with van der Waals surface area (Å²) in [6, 6.07) is 12.3. The van der Waals surface area contributed by atoms with Crippen molar-refractivity contribution < 1.29 is 17.9 Å². The van der Waals surface area contributed by atoms with Crippen molar-refractivity contribution in [2.24, 2.45) is 0 Å². The van der Waals surface area contributed by atoms with E-state index in [0.29, 0.717) is 30.4 Å². The molecule has 0 aliphatic carbocycles. The zero-order valence-corrected chi connectivity index (χ0v) is 21.8. The van der Waals surface area contributed by atoms with E-state index in [1.807, 2.05) is 32.0 Å². The smallest absolute Gasteiger partial charge is 0.260 e. The quantitative estimate of drug-likeness (QED) is 0.464. The Balaban J connectivity index is 1.44. The minimum Gasteiger partial charge on any atom is -0.376 e. The van der Waals surface area contributed by atoms with Crippen molar-refractivity contribution in [2.75, 3.05) is 24.6 Å². The third kappa shape index (κ3) is 4.87. The molecule has 0 spiro atoms. The van der Waals surface area contributed by atoms with Crippen molar-refractivity contribution in [3.05, 3.63) is 53.6 Å². The number of thiazole rings is 1. The van der Waals surface area contributed by atoms with Crippen LogP contribution in [0.2, 0.25) is 0 Å². The maximum Gasteiger partial charge on any atom is 0.260 e. The van der Waals surface area contributed by atoms with Crippen LogP contribution in [-0.4, -0.2) is 55.5 Å². The number of carbonyl (C=O) groups excluding carboxylic acids is 1. The molecular weight excluding hydrogens is 482 g/mol. The number of carbonyl (C=O) groups is 1. The fourth-order valence-electron chi connectivity index (χ4n) is 4.92. The fourth-order valence-corrected chi connectivity index (χ4v) is 7.67. The van der Waals surface area contributed by atoms with Crippen LogP contribution in [0.5, 0.6) is 0 Å². The lowest BCUT2D eigenvalue weighted by atomic mass is 10.1. The highest BCUT2D eigenvalue weighted by Gasteiger charge is 2.32. The SMILES string of the molecule is Cc1cccc2sc(N(CC3CCCO3)C(=O)c3ccc(S(=O)(=O)N4CCCCC4C)cc3)nc12. The molecule has 3 aromatic rings. The molecule has 0 bridgehead atoms. The van der Waals surface area contributed by atoms with E-state index < -0.39 is 10.0 Å². The van der Waals surface area contributed by atoms with Crippen molar-refractivity contribution in [3.8, 4) is 0 Å². The van der Waals surface area contributed by atoms with Gasteiger partial charge in [0.15, 0.2) is 5.13 Å². The van der Waals surface area contributed by atoms with Crippen molar-refractivity contribution in [2.45, 2.75) is 63.0 Å². The largest absolute Gasteiger partial charge is 0.376 e.